The van der Waals surface area contributed by atoms with Crippen LogP contribution in [0.2, 0.25) is 0 Å². The van der Waals surface area contributed by atoms with Crippen molar-refractivity contribution in [1.82, 2.24) is 4.98 Å². The van der Waals surface area contributed by atoms with Crippen molar-refractivity contribution in [2.75, 3.05) is 0 Å². The topological polar surface area (TPSA) is 12.9 Å². The molecule has 1 heterocycles. The molecular weight excluding hydrogens is 217 g/mol. The van der Waals surface area contributed by atoms with Gasteiger partial charge in [0.25, 0.3) is 0 Å². The van der Waals surface area contributed by atoms with Crippen LogP contribution in [0.3, 0.4) is 0 Å². The second-order valence-electron chi connectivity index (χ2n) is 2.78. The summed E-state index contributed by atoms with van der Waals surface area (Å²) in [5.41, 5.74) is 1.45. The first-order valence-electron chi connectivity index (χ1n) is 4.11. The van der Waals surface area contributed by atoms with Crippen molar-refractivity contribution in [2.24, 2.45) is 0 Å². The van der Waals surface area contributed by atoms with Crippen molar-refractivity contribution in [3.63, 3.8) is 0 Å². The normalized spacial score (nSPS) is 10.4. The Balaban J connectivity index is 2.44. The minimum absolute atomic E-state index is 0.229. The van der Waals surface area contributed by atoms with Gasteiger partial charge in [-0.3, -0.25) is 0 Å². The van der Waals surface area contributed by atoms with Gasteiger partial charge >= 0.3 is 0 Å². The highest BCUT2D eigenvalue weighted by Gasteiger charge is 2.07. The zero-order valence-electron chi connectivity index (χ0n) is 7.27. The Hall–Kier alpha value is -0.870. The molecule has 0 bridgehead atoms. The Labute approximate surface area is 91.0 Å². The van der Waals surface area contributed by atoms with Crippen LogP contribution in [-0.4, -0.2) is 4.98 Å². The molecule has 14 heavy (non-hydrogen) atoms. The molecule has 2 aromatic rings. The Morgan fingerprint density at radius 1 is 1.36 bits per heavy atom. The van der Waals surface area contributed by atoms with Gasteiger partial charge in [0.05, 0.1) is 5.69 Å². The van der Waals surface area contributed by atoms with Crippen LogP contribution >= 0.6 is 24.0 Å². The summed E-state index contributed by atoms with van der Waals surface area (Å²) in [6.45, 7) is 0. The van der Waals surface area contributed by atoms with E-state index in [9.17, 15) is 4.39 Å². The van der Waals surface area contributed by atoms with E-state index in [0.717, 1.165) is 5.69 Å². The first-order chi connectivity index (χ1) is 6.81. The molecule has 0 aliphatic heterocycles. The number of thiol groups is 1. The third-order valence-electron chi connectivity index (χ3n) is 1.82. The van der Waals surface area contributed by atoms with Gasteiger partial charge in [-0.2, -0.15) is 12.6 Å². The van der Waals surface area contributed by atoms with E-state index in [2.05, 4.69) is 17.6 Å². The summed E-state index contributed by atoms with van der Waals surface area (Å²) in [5, 5.41) is 2.61. The van der Waals surface area contributed by atoms with Gasteiger partial charge in [-0.1, -0.05) is 12.1 Å². The number of thiazole rings is 1. The predicted octanol–water partition coefficient (Wildman–Crippen LogP) is 3.38. The van der Waals surface area contributed by atoms with Crippen molar-refractivity contribution in [3.8, 4) is 10.6 Å². The monoisotopic (exact) mass is 225 g/mol. The highest BCUT2D eigenvalue weighted by atomic mass is 32.1. The zero-order valence-corrected chi connectivity index (χ0v) is 8.99. The molecule has 0 radical (unpaired) electrons. The molecule has 0 aliphatic carbocycles. The standard InChI is InChI=1S/C10H8FNS2/c11-9-4-2-1-3-8(9)10-12-7(5-13)6-14-10/h1-4,6,13H,5H2. The van der Waals surface area contributed by atoms with E-state index in [-0.39, 0.29) is 5.82 Å². The molecule has 0 spiro atoms. The summed E-state index contributed by atoms with van der Waals surface area (Å²) in [7, 11) is 0. The molecule has 0 saturated heterocycles. The number of halogens is 1. The second-order valence-corrected chi connectivity index (χ2v) is 3.96. The molecule has 0 saturated carbocycles. The highest BCUT2D eigenvalue weighted by Crippen LogP contribution is 2.26. The van der Waals surface area contributed by atoms with Crippen LogP contribution in [0.1, 0.15) is 5.69 Å². The van der Waals surface area contributed by atoms with Crippen LogP contribution in [0.25, 0.3) is 10.6 Å². The van der Waals surface area contributed by atoms with E-state index in [1.54, 1.807) is 18.2 Å². The van der Waals surface area contributed by atoms with Crippen LogP contribution < -0.4 is 0 Å². The summed E-state index contributed by atoms with van der Waals surface area (Å²) in [4.78, 5) is 4.26. The summed E-state index contributed by atoms with van der Waals surface area (Å²) >= 11 is 5.55. The molecule has 1 nitrogen and oxygen atoms in total. The largest absolute Gasteiger partial charge is 0.240 e. The third-order valence-corrected chi connectivity index (χ3v) is 3.07. The Morgan fingerprint density at radius 2 is 2.14 bits per heavy atom. The van der Waals surface area contributed by atoms with Gasteiger partial charge in [-0.25, -0.2) is 9.37 Å². The van der Waals surface area contributed by atoms with Crippen LogP contribution in [0.4, 0.5) is 4.39 Å². The fourth-order valence-electron chi connectivity index (χ4n) is 1.14. The molecule has 1 aromatic heterocycles. The number of hydrogen-bond acceptors (Lipinski definition) is 3. The van der Waals surface area contributed by atoms with Crippen molar-refractivity contribution in [3.05, 3.63) is 41.2 Å². The van der Waals surface area contributed by atoms with Gasteiger partial charge in [-0.05, 0) is 12.1 Å². The first kappa shape index (κ1) is 9.68. The lowest BCUT2D eigenvalue weighted by atomic mass is 10.2. The molecule has 0 atom stereocenters. The number of nitrogens with zero attached hydrogens (tertiary/aromatic N) is 1. The molecule has 1 aromatic carbocycles. The number of rotatable bonds is 2. The minimum Gasteiger partial charge on any atom is -0.240 e. The molecule has 0 N–H and O–H groups in total. The van der Waals surface area contributed by atoms with Crippen LogP contribution in [0.15, 0.2) is 29.6 Å². The van der Waals surface area contributed by atoms with E-state index in [1.165, 1.54) is 17.4 Å². The molecule has 0 unspecified atom stereocenters. The summed E-state index contributed by atoms with van der Waals surface area (Å²) in [5.74, 6) is 0.359. The second kappa shape index (κ2) is 4.11. The third kappa shape index (κ3) is 1.81. The maximum Gasteiger partial charge on any atom is 0.133 e. The molecule has 0 fully saturated rings. The summed E-state index contributed by atoms with van der Waals surface area (Å²) < 4.78 is 13.3. The van der Waals surface area contributed by atoms with Gasteiger partial charge in [0.1, 0.15) is 10.8 Å². The van der Waals surface area contributed by atoms with Gasteiger partial charge in [0, 0.05) is 16.7 Å². The summed E-state index contributed by atoms with van der Waals surface area (Å²) in [6, 6.07) is 6.65. The molecular formula is C10H8FNS2. The maximum atomic E-state index is 13.3. The Morgan fingerprint density at radius 3 is 2.79 bits per heavy atom. The lowest BCUT2D eigenvalue weighted by molar-refractivity contribution is 0.631. The maximum absolute atomic E-state index is 13.3. The first-order valence-corrected chi connectivity index (χ1v) is 5.62. The van der Waals surface area contributed by atoms with E-state index in [1.807, 2.05) is 5.38 Å². The van der Waals surface area contributed by atoms with Gasteiger partial charge in [0.15, 0.2) is 0 Å². The molecule has 72 valence electrons. The van der Waals surface area contributed by atoms with Crippen LogP contribution in [0.5, 0.6) is 0 Å². The average Bonchev–Trinajstić information content (AvgIpc) is 2.67. The fourth-order valence-corrected chi connectivity index (χ4v) is 2.27. The smallest absolute Gasteiger partial charge is 0.133 e. The Bertz CT molecular complexity index is 439. The van der Waals surface area contributed by atoms with Crippen molar-refractivity contribution >= 4 is 24.0 Å². The van der Waals surface area contributed by atoms with Crippen LogP contribution in [-0.2, 0) is 5.75 Å². The van der Waals surface area contributed by atoms with E-state index >= 15 is 0 Å². The quantitative estimate of drug-likeness (QED) is 0.773. The summed E-state index contributed by atoms with van der Waals surface area (Å²) in [6.07, 6.45) is 0. The van der Waals surface area contributed by atoms with E-state index in [4.69, 9.17) is 0 Å². The highest BCUT2D eigenvalue weighted by molar-refractivity contribution is 7.79. The lowest BCUT2D eigenvalue weighted by Gasteiger charge is -1.96. The van der Waals surface area contributed by atoms with Crippen molar-refractivity contribution in [1.29, 1.82) is 0 Å². The van der Waals surface area contributed by atoms with Gasteiger partial charge < -0.3 is 0 Å². The van der Waals surface area contributed by atoms with E-state index < -0.39 is 0 Å². The minimum atomic E-state index is -0.229. The molecule has 2 rings (SSSR count). The van der Waals surface area contributed by atoms with Crippen molar-refractivity contribution < 1.29 is 4.39 Å². The van der Waals surface area contributed by atoms with Crippen molar-refractivity contribution in [2.45, 2.75) is 5.75 Å². The SMILES string of the molecule is Fc1ccccc1-c1nc(CS)cs1. The number of benzene rings is 1. The average molecular weight is 225 g/mol. The predicted molar refractivity (Wildman–Crippen MR) is 60.2 cm³/mol. The van der Waals surface area contributed by atoms with E-state index in [0.29, 0.717) is 16.3 Å². The molecule has 0 aliphatic rings. The number of hydrogen-bond donors (Lipinski definition) is 1. The zero-order chi connectivity index (χ0) is 9.97. The molecule has 0 amide bonds. The molecule has 4 heteroatoms. The lowest BCUT2D eigenvalue weighted by Crippen LogP contribution is -1.83. The van der Waals surface area contributed by atoms with Crippen LogP contribution in [0, 0.1) is 5.82 Å². The number of aromatic nitrogens is 1. The Kier molecular flexibility index (Phi) is 2.84. The van der Waals surface area contributed by atoms with Gasteiger partial charge in [0.2, 0.25) is 0 Å². The van der Waals surface area contributed by atoms with Gasteiger partial charge in [-0.15, -0.1) is 11.3 Å². The fraction of sp³-hybridized carbons (Fsp3) is 0.100.